The third-order valence-corrected chi connectivity index (χ3v) is 3.76. The first kappa shape index (κ1) is 12.9. The van der Waals surface area contributed by atoms with E-state index in [-0.39, 0.29) is 0 Å². The topological polar surface area (TPSA) is 55.0 Å². The van der Waals surface area contributed by atoms with Gasteiger partial charge in [0.2, 0.25) is 0 Å². The Hall–Kier alpha value is -2.10. The third kappa shape index (κ3) is 2.90. The number of rotatable bonds is 2. The average Bonchev–Trinajstić information content (AvgIpc) is 2.76. The van der Waals surface area contributed by atoms with Crippen molar-refractivity contribution in [1.29, 1.82) is 0 Å². The lowest BCUT2D eigenvalue weighted by Gasteiger charge is -2.20. The van der Waals surface area contributed by atoms with Crippen LogP contribution in [0.3, 0.4) is 0 Å². The molecule has 1 aromatic carbocycles. The molecule has 0 bridgehead atoms. The summed E-state index contributed by atoms with van der Waals surface area (Å²) in [4.78, 5) is 2.34. The van der Waals surface area contributed by atoms with Gasteiger partial charge in [0.1, 0.15) is 0 Å². The Labute approximate surface area is 119 Å². The molecule has 1 saturated heterocycles. The van der Waals surface area contributed by atoms with Gasteiger partial charge >= 0.3 is 0 Å². The Morgan fingerprint density at radius 2 is 1.70 bits per heavy atom. The predicted molar refractivity (Wildman–Crippen MR) is 82.6 cm³/mol. The van der Waals surface area contributed by atoms with Gasteiger partial charge < -0.3 is 10.6 Å². The first-order valence-electron chi connectivity index (χ1n) is 7.27. The van der Waals surface area contributed by atoms with Crippen LogP contribution >= 0.6 is 0 Å². The summed E-state index contributed by atoms with van der Waals surface area (Å²) in [5.41, 5.74) is 8.44. The standard InChI is InChI=1S/C16H20N4/c17-14-7-5-6-13(12-14)15-8-9-16(19-18-15)20-10-3-1-2-4-11-20/h5-9,12H,1-4,10-11,17H2. The summed E-state index contributed by atoms with van der Waals surface area (Å²) in [6.07, 6.45) is 5.15. The van der Waals surface area contributed by atoms with Crippen molar-refractivity contribution in [3.05, 3.63) is 36.4 Å². The maximum absolute atomic E-state index is 5.80. The van der Waals surface area contributed by atoms with Crippen LogP contribution in [0.4, 0.5) is 11.5 Å². The molecule has 1 aromatic heterocycles. The summed E-state index contributed by atoms with van der Waals surface area (Å²) in [6.45, 7) is 2.18. The number of nitrogen functional groups attached to an aromatic ring is 1. The minimum absolute atomic E-state index is 0.751. The van der Waals surface area contributed by atoms with E-state index in [1.54, 1.807) is 0 Å². The predicted octanol–water partition coefficient (Wildman–Crippen LogP) is 3.11. The van der Waals surface area contributed by atoms with Gasteiger partial charge in [0.15, 0.2) is 5.82 Å². The van der Waals surface area contributed by atoms with Crippen molar-refractivity contribution < 1.29 is 0 Å². The minimum Gasteiger partial charge on any atom is -0.399 e. The minimum atomic E-state index is 0.751. The molecule has 2 N–H and O–H groups in total. The van der Waals surface area contributed by atoms with E-state index in [1.165, 1.54) is 25.7 Å². The highest BCUT2D eigenvalue weighted by atomic mass is 15.3. The number of hydrogen-bond donors (Lipinski definition) is 1. The first-order valence-corrected chi connectivity index (χ1v) is 7.27. The van der Waals surface area contributed by atoms with E-state index in [9.17, 15) is 0 Å². The van der Waals surface area contributed by atoms with Crippen molar-refractivity contribution >= 4 is 11.5 Å². The SMILES string of the molecule is Nc1cccc(-c2ccc(N3CCCCCC3)nn2)c1. The molecule has 0 aliphatic carbocycles. The van der Waals surface area contributed by atoms with E-state index < -0.39 is 0 Å². The summed E-state index contributed by atoms with van der Waals surface area (Å²) in [6, 6.07) is 11.8. The van der Waals surface area contributed by atoms with E-state index in [4.69, 9.17) is 5.73 Å². The van der Waals surface area contributed by atoms with E-state index in [1.807, 2.05) is 30.3 Å². The molecule has 4 nitrogen and oxygen atoms in total. The maximum Gasteiger partial charge on any atom is 0.151 e. The second-order valence-electron chi connectivity index (χ2n) is 5.30. The lowest BCUT2D eigenvalue weighted by molar-refractivity contribution is 0.726. The molecule has 3 rings (SSSR count). The van der Waals surface area contributed by atoms with Crippen LogP contribution in [0.25, 0.3) is 11.3 Å². The zero-order valence-electron chi connectivity index (χ0n) is 11.6. The van der Waals surface area contributed by atoms with Crippen LogP contribution < -0.4 is 10.6 Å². The Morgan fingerprint density at radius 1 is 0.900 bits per heavy atom. The third-order valence-electron chi connectivity index (χ3n) is 3.76. The molecule has 2 heterocycles. The van der Waals surface area contributed by atoms with Crippen molar-refractivity contribution in [2.45, 2.75) is 25.7 Å². The van der Waals surface area contributed by atoms with E-state index in [0.717, 1.165) is 35.9 Å². The normalized spacial score (nSPS) is 15.9. The fourth-order valence-electron chi connectivity index (χ4n) is 2.65. The van der Waals surface area contributed by atoms with Crippen LogP contribution in [0.1, 0.15) is 25.7 Å². The van der Waals surface area contributed by atoms with Crippen molar-refractivity contribution in [2.75, 3.05) is 23.7 Å². The molecule has 1 aliphatic rings. The molecule has 0 unspecified atom stereocenters. The molecule has 0 amide bonds. The summed E-state index contributed by atoms with van der Waals surface area (Å²) < 4.78 is 0. The number of aromatic nitrogens is 2. The van der Waals surface area contributed by atoms with Gasteiger partial charge in [0, 0.05) is 24.3 Å². The summed E-state index contributed by atoms with van der Waals surface area (Å²) in [7, 11) is 0. The van der Waals surface area contributed by atoms with Crippen molar-refractivity contribution in [3.8, 4) is 11.3 Å². The highest BCUT2D eigenvalue weighted by Crippen LogP contribution is 2.21. The number of nitrogens with zero attached hydrogens (tertiary/aromatic N) is 3. The molecule has 1 fully saturated rings. The van der Waals surface area contributed by atoms with Crippen LogP contribution in [0, 0.1) is 0 Å². The van der Waals surface area contributed by atoms with Crippen LogP contribution in [0.2, 0.25) is 0 Å². The molecule has 2 aromatic rings. The highest BCUT2D eigenvalue weighted by Gasteiger charge is 2.11. The maximum atomic E-state index is 5.80. The van der Waals surface area contributed by atoms with Gasteiger partial charge in [-0.25, -0.2) is 0 Å². The second-order valence-corrected chi connectivity index (χ2v) is 5.30. The smallest absolute Gasteiger partial charge is 0.151 e. The molecule has 0 radical (unpaired) electrons. The Balaban J connectivity index is 1.80. The van der Waals surface area contributed by atoms with Gasteiger partial charge in [-0.05, 0) is 37.1 Å². The number of nitrogens with two attached hydrogens (primary N) is 1. The zero-order valence-corrected chi connectivity index (χ0v) is 11.6. The summed E-state index contributed by atoms with van der Waals surface area (Å²) in [5.74, 6) is 0.986. The molecule has 0 saturated carbocycles. The number of anilines is 2. The quantitative estimate of drug-likeness (QED) is 0.850. The fraction of sp³-hybridized carbons (Fsp3) is 0.375. The van der Waals surface area contributed by atoms with Crippen molar-refractivity contribution in [1.82, 2.24) is 10.2 Å². The van der Waals surface area contributed by atoms with E-state index >= 15 is 0 Å². The van der Waals surface area contributed by atoms with Gasteiger partial charge in [0.25, 0.3) is 0 Å². The van der Waals surface area contributed by atoms with E-state index in [2.05, 4.69) is 21.2 Å². The number of hydrogen-bond acceptors (Lipinski definition) is 4. The van der Waals surface area contributed by atoms with Crippen molar-refractivity contribution in [3.63, 3.8) is 0 Å². The molecule has 0 atom stereocenters. The monoisotopic (exact) mass is 268 g/mol. The largest absolute Gasteiger partial charge is 0.399 e. The Bertz CT molecular complexity index is 557. The average molecular weight is 268 g/mol. The van der Waals surface area contributed by atoms with Crippen LogP contribution in [0.15, 0.2) is 36.4 Å². The van der Waals surface area contributed by atoms with Gasteiger partial charge in [0.05, 0.1) is 5.69 Å². The molecular formula is C16H20N4. The summed E-state index contributed by atoms with van der Waals surface area (Å²) in [5, 5.41) is 8.73. The van der Waals surface area contributed by atoms with Gasteiger partial charge in [-0.15, -0.1) is 10.2 Å². The summed E-state index contributed by atoms with van der Waals surface area (Å²) >= 11 is 0. The van der Waals surface area contributed by atoms with Crippen molar-refractivity contribution in [2.24, 2.45) is 0 Å². The number of benzene rings is 1. The van der Waals surface area contributed by atoms with Crippen LogP contribution in [0.5, 0.6) is 0 Å². The lowest BCUT2D eigenvalue weighted by Crippen LogP contribution is -2.25. The molecule has 0 spiro atoms. The molecule has 4 heteroatoms. The zero-order chi connectivity index (χ0) is 13.8. The van der Waals surface area contributed by atoms with Crippen LogP contribution in [-0.4, -0.2) is 23.3 Å². The van der Waals surface area contributed by atoms with Gasteiger partial charge in [-0.2, -0.15) is 0 Å². The fourth-order valence-corrected chi connectivity index (χ4v) is 2.65. The molecule has 104 valence electrons. The highest BCUT2D eigenvalue weighted by molar-refractivity contribution is 5.64. The lowest BCUT2D eigenvalue weighted by atomic mass is 10.1. The molecule has 1 aliphatic heterocycles. The van der Waals surface area contributed by atoms with Gasteiger partial charge in [-0.1, -0.05) is 25.0 Å². The molecule has 20 heavy (non-hydrogen) atoms. The Morgan fingerprint density at radius 3 is 2.35 bits per heavy atom. The molecular weight excluding hydrogens is 248 g/mol. The second kappa shape index (κ2) is 5.90. The Kier molecular flexibility index (Phi) is 3.81. The van der Waals surface area contributed by atoms with E-state index in [0.29, 0.717) is 0 Å². The first-order chi connectivity index (χ1) is 9.83. The van der Waals surface area contributed by atoms with Crippen LogP contribution in [-0.2, 0) is 0 Å². The van der Waals surface area contributed by atoms with Gasteiger partial charge in [-0.3, -0.25) is 0 Å².